The van der Waals surface area contributed by atoms with Gasteiger partial charge in [0.2, 0.25) is 0 Å². The molecule has 2 nitrogen and oxygen atoms in total. The van der Waals surface area contributed by atoms with E-state index >= 15 is 0 Å². The van der Waals surface area contributed by atoms with Crippen LogP contribution in [0.25, 0.3) is 0 Å². The average Bonchev–Trinajstić information content (AvgIpc) is 2.81. The Morgan fingerprint density at radius 3 is 2.80 bits per heavy atom. The van der Waals surface area contributed by atoms with E-state index in [1.807, 2.05) is 24.2 Å². The van der Waals surface area contributed by atoms with Crippen LogP contribution in [-0.2, 0) is 0 Å². The van der Waals surface area contributed by atoms with Crippen molar-refractivity contribution in [2.24, 2.45) is 5.41 Å². The van der Waals surface area contributed by atoms with Gasteiger partial charge >= 0.3 is 0 Å². The molecule has 1 fully saturated rings. The van der Waals surface area contributed by atoms with Gasteiger partial charge in [0.05, 0.1) is 0 Å². The Labute approximate surface area is 104 Å². The number of alkyl halides is 1. The maximum atomic E-state index is 4.26. The Morgan fingerprint density at radius 2 is 2.20 bits per heavy atom. The Hall–Kier alpha value is 0.0400. The first kappa shape index (κ1) is 11.5. The van der Waals surface area contributed by atoms with Gasteiger partial charge in [-0.3, -0.25) is 0 Å². The van der Waals surface area contributed by atoms with Crippen LogP contribution in [0.1, 0.15) is 32.1 Å². The summed E-state index contributed by atoms with van der Waals surface area (Å²) in [5, 5.41) is 2.19. The molecule has 2 rings (SSSR count). The summed E-state index contributed by atoms with van der Waals surface area (Å²) in [6.07, 6.45) is 10.7. The lowest BCUT2D eigenvalue weighted by Crippen LogP contribution is -2.28. The van der Waals surface area contributed by atoms with Gasteiger partial charge in [-0.15, -0.1) is 0 Å². The second-order valence-electron chi connectivity index (χ2n) is 4.38. The Kier molecular flexibility index (Phi) is 4.14. The minimum absolute atomic E-state index is 0.510. The molecular weight excluding hydrogens is 272 g/mol. The number of thioether (sulfide) groups is 1. The number of H-pyrrole nitrogens is 1. The van der Waals surface area contributed by atoms with Crippen LogP contribution < -0.4 is 0 Å². The van der Waals surface area contributed by atoms with Crippen LogP contribution in [0.5, 0.6) is 0 Å². The van der Waals surface area contributed by atoms with Gasteiger partial charge < -0.3 is 4.98 Å². The number of nitrogens with zero attached hydrogens (tertiary/aromatic N) is 1. The van der Waals surface area contributed by atoms with Crippen molar-refractivity contribution in [3.63, 3.8) is 0 Å². The number of aromatic nitrogens is 2. The Morgan fingerprint density at radius 1 is 1.40 bits per heavy atom. The SMILES string of the molecule is BrCC1(CSc2ncc[nH]2)CCCCC1. The second kappa shape index (κ2) is 5.39. The highest BCUT2D eigenvalue weighted by molar-refractivity contribution is 9.09. The van der Waals surface area contributed by atoms with Gasteiger partial charge in [0.1, 0.15) is 0 Å². The molecule has 0 amide bonds. The van der Waals surface area contributed by atoms with E-state index in [0.29, 0.717) is 5.41 Å². The topological polar surface area (TPSA) is 28.7 Å². The number of aromatic amines is 1. The molecule has 0 saturated heterocycles. The van der Waals surface area contributed by atoms with Crippen molar-refractivity contribution in [3.8, 4) is 0 Å². The van der Waals surface area contributed by atoms with Crippen LogP contribution in [0.15, 0.2) is 17.6 Å². The van der Waals surface area contributed by atoms with Crippen molar-refractivity contribution in [1.82, 2.24) is 9.97 Å². The molecule has 1 aliphatic carbocycles. The molecule has 1 saturated carbocycles. The van der Waals surface area contributed by atoms with Gasteiger partial charge in [-0.2, -0.15) is 0 Å². The molecule has 84 valence electrons. The highest BCUT2D eigenvalue weighted by Gasteiger charge is 2.31. The van der Waals surface area contributed by atoms with Crippen molar-refractivity contribution >= 4 is 27.7 Å². The summed E-state index contributed by atoms with van der Waals surface area (Å²) in [6, 6.07) is 0. The molecule has 0 spiro atoms. The van der Waals surface area contributed by atoms with Gasteiger partial charge in [-0.25, -0.2) is 4.98 Å². The largest absolute Gasteiger partial charge is 0.340 e. The summed E-state index contributed by atoms with van der Waals surface area (Å²) in [4.78, 5) is 7.41. The van der Waals surface area contributed by atoms with Gasteiger partial charge in [-0.1, -0.05) is 47.0 Å². The lowest BCUT2D eigenvalue weighted by Gasteiger charge is -2.35. The molecular formula is C11H17BrN2S. The van der Waals surface area contributed by atoms with Crippen LogP contribution in [0.3, 0.4) is 0 Å². The van der Waals surface area contributed by atoms with Gasteiger partial charge in [0.25, 0.3) is 0 Å². The number of rotatable bonds is 4. The summed E-state index contributed by atoms with van der Waals surface area (Å²) in [5.74, 6) is 1.19. The first-order valence-corrected chi connectivity index (χ1v) is 7.64. The average molecular weight is 289 g/mol. The smallest absolute Gasteiger partial charge is 0.165 e. The van der Waals surface area contributed by atoms with E-state index in [1.165, 1.54) is 37.9 Å². The number of imidazole rings is 1. The summed E-state index contributed by atoms with van der Waals surface area (Å²) < 4.78 is 0. The fourth-order valence-electron chi connectivity index (χ4n) is 2.17. The fraction of sp³-hybridized carbons (Fsp3) is 0.727. The number of hydrogen-bond donors (Lipinski definition) is 1. The molecule has 1 N–H and O–H groups in total. The van der Waals surface area contributed by atoms with E-state index in [-0.39, 0.29) is 0 Å². The summed E-state index contributed by atoms with van der Waals surface area (Å²) in [7, 11) is 0. The van der Waals surface area contributed by atoms with Crippen LogP contribution in [0, 0.1) is 5.41 Å². The number of halogens is 1. The molecule has 1 aromatic rings. The van der Waals surface area contributed by atoms with E-state index in [2.05, 4.69) is 25.9 Å². The summed E-state index contributed by atoms with van der Waals surface area (Å²) in [5.41, 5.74) is 0.510. The minimum atomic E-state index is 0.510. The number of hydrogen-bond acceptors (Lipinski definition) is 2. The van der Waals surface area contributed by atoms with Gasteiger partial charge in [-0.05, 0) is 18.3 Å². The van der Waals surface area contributed by atoms with Crippen LogP contribution >= 0.6 is 27.7 Å². The third-order valence-electron chi connectivity index (χ3n) is 3.19. The van der Waals surface area contributed by atoms with E-state index < -0.39 is 0 Å². The predicted octanol–water partition coefficient (Wildman–Crippen LogP) is 3.85. The van der Waals surface area contributed by atoms with Gasteiger partial charge in [0, 0.05) is 23.5 Å². The lowest BCUT2D eigenvalue weighted by atomic mass is 9.77. The standard InChI is InChI=1S/C11H17BrN2S/c12-8-11(4-2-1-3-5-11)9-15-10-13-6-7-14-10/h6-7H,1-5,8-9H2,(H,13,14). The van der Waals surface area contributed by atoms with Crippen molar-refractivity contribution in [1.29, 1.82) is 0 Å². The zero-order chi connectivity index (χ0) is 10.6. The van der Waals surface area contributed by atoms with E-state index in [1.54, 1.807) is 0 Å². The molecule has 0 radical (unpaired) electrons. The van der Waals surface area contributed by atoms with E-state index in [0.717, 1.165) is 10.5 Å². The van der Waals surface area contributed by atoms with Crippen molar-refractivity contribution in [3.05, 3.63) is 12.4 Å². The van der Waals surface area contributed by atoms with Crippen LogP contribution in [-0.4, -0.2) is 21.1 Å². The predicted molar refractivity (Wildman–Crippen MR) is 68.6 cm³/mol. The minimum Gasteiger partial charge on any atom is -0.340 e. The van der Waals surface area contributed by atoms with E-state index in [4.69, 9.17) is 0 Å². The van der Waals surface area contributed by atoms with E-state index in [9.17, 15) is 0 Å². The highest BCUT2D eigenvalue weighted by atomic mass is 79.9. The molecule has 0 aromatic carbocycles. The normalized spacial score (nSPS) is 20.3. The van der Waals surface area contributed by atoms with Gasteiger partial charge in [0.15, 0.2) is 5.16 Å². The lowest BCUT2D eigenvalue weighted by molar-refractivity contribution is 0.260. The molecule has 15 heavy (non-hydrogen) atoms. The molecule has 4 heteroatoms. The molecule has 1 heterocycles. The first-order valence-electron chi connectivity index (χ1n) is 5.53. The summed E-state index contributed by atoms with van der Waals surface area (Å²) in [6.45, 7) is 0. The van der Waals surface area contributed by atoms with Crippen molar-refractivity contribution in [2.45, 2.75) is 37.3 Å². The number of nitrogens with one attached hydrogen (secondary N) is 1. The summed E-state index contributed by atoms with van der Waals surface area (Å²) >= 11 is 5.55. The fourth-order valence-corrected chi connectivity index (χ4v) is 4.31. The molecule has 0 bridgehead atoms. The Balaban J connectivity index is 1.89. The molecule has 0 unspecified atom stereocenters. The van der Waals surface area contributed by atoms with Crippen LogP contribution in [0.4, 0.5) is 0 Å². The molecule has 1 aliphatic rings. The molecule has 1 aromatic heterocycles. The second-order valence-corrected chi connectivity index (χ2v) is 5.90. The van der Waals surface area contributed by atoms with Crippen molar-refractivity contribution < 1.29 is 0 Å². The molecule has 0 aliphatic heterocycles. The Bertz CT molecular complexity index is 281. The first-order chi connectivity index (χ1) is 7.35. The van der Waals surface area contributed by atoms with Crippen molar-refractivity contribution in [2.75, 3.05) is 11.1 Å². The highest BCUT2D eigenvalue weighted by Crippen LogP contribution is 2.41. The zero-order valence-corrected chi connectivity index (χ0v) is 11.2. The monoisotopic (exact) mass is 288 g/mol. The third kappa shape index (κ3) is 3.00. The maximum absolute atomic E-state index is 4.26. The maximum Gasteiger partial charge on any atom is 0.165 e. The molecule has 0 atom stereocenters. The third-order valence-corrected chi connectivity index (χ3v) is 5.63. The zero-order valence-electron chi connectivity index (χ0n) is 8.84. The quantitative estimate of drug-likeness (QED) is 0.673. The van der Waals surface area contributed by atoms with Crippen LogP contribution in [0.2, 0.25) is 0 Å².